The van der Waals surface area contributed by atoms with Crippen molar-refractivity contribution in [1.82, 2.24) is 4.90 Å². The normalized spacial score (nSPS) is 18.4. The lowest BCUT2D eigenvalue weighted by Crippen LogP contribution is -2.39. The van der Waals surface area contributed by atoms with Crippen molar-refractivity contribution in [3.05, 3.63) is 64.2 Å². The molecule has 1 fully saturated rings. The number of rotatable bonds is 2. The van der Waals surface area contributed by atoms with Crippen molar-refractivity contribution in [2.75, 3.05) is 18.0 Å². The number of piperidine rings is 1. The third-order valence-electron chi connectivity index (χ3n) is 5.14. The molecule has 0 spiro atoms. The summed E-state index contributed by atoms with van der Waals surface area (Å²) in [6.45, 7) is 3.14. The third kappa shape index (κ3) is 3.31. The molecule has 0 atom stereocenters. The lowest BCUT2D eigenvalue weighted by molar-refractivity contribution is -0.127. The van der Waals surface area contributed by atoms with E-state index in [1.807, 2.05) is 31.2 Å². The van der Waals surface area contributed by atoms with Crippen LogP contribution in [0.1, 0.15) is 24.8 Å². The smallest absolute Gasteiger partial charge is 0.267 e. The monoisotopic (exact) mass is 416 g/mol. The highest BCUT2D eigenvalue weighted by molar-refractivity contribution is 7.96. The van der Waals surface area contributed by atoms with E-state index < -0.39 is 15.7 Å². The lowest BCUT2D eigenvalue weighted by Gasteiger charge is -2.32. The minimum Gasteiger partial charge on any atom is -0.338 e. The maximum atomic E-state index is 13.3. The Kier molecular flexibility index (Phi) is 4.93. The highest BCUT2D eigenvalue weighted by Gasteiger charge is 2.38. The molecule has 2 aromatic carbocycles. The number of nitrogens with zero attached hydrogens (tertiary/aromatic N) is 2. The molecular weight excluding hydrogens is 396 g/mol. The van der Waals surface area contributed by atoms with Gasteiger partial charge in [-0.25, -0.2) is 8.42 Å². The number of halogens is 1. The molecular formula is C21H21ClN2O3S. The average molecular weight is 417 g/mol. The number of aryl methyl sites for hydroxylation is 1. The van der Waals surface area contributed by atoms with Crippen molar-refractivity contribution in [1.29, 1.82) is 0 Å². The molecule has 2 aliphatic heterocycles. The number of sulfone groups is 1. The van der Waals surface area contributed by atoms with Crippen LogP contribution in [0.3, 0.4) is 0 Å². The van der Waals surface area contributed by atoms with Gasteiger partial charge in [0.2, 0.25) is 9.84 Å². The van der Waals surface area contributed by atoms with E-state index in [2.05, 4.69) is 0 Å². The third-order valence-corrected chi connectivity index (χ3v) is 7.16. The molecule has 0 unspecified atom stereocenters. The Morgan fingerprint density at radius 1 is 1.04 bits per heavy atom. The molecule has 0 N–H and O–H groups in total. The second-order valence-corrected chi connectivity index (χ2v) is 9.49. The van der Waals surface area contributed by atoms with Crippen LogP contribution in [-0.4, -0.2) is 32.3 Å². The van der Waals surface area contributed by atoms with Gasteiger partial charge in [0.05, 0.1) is 10.6 Å². The van der Waals surface area contributed by atoms with Crippen LogP contribution in [0, 0.1) is 6.92 Å². The van der Waals surface area contributed by atoms with Gasteiger partial charge in [0.15, 0.2) is 4.91 Å². The summed E-state index contributed by atoms with van der Waals surface area (Å²) in [4.78, 5) is 16.4. The van der Waals surface area contributed by atoms with Crippen molar-refractivity contribution in [3.8, 4) is 0 Å². The summed E-state index contributed by atoms with van der Waals surface area (Å²) in [6, 6.07) is 12.3. The standard InChI is InChI=1S/C21H21ClN2O3S/c1-15-6-5-7-17(12-15)24-14-20(21(25)23-10-3-2-4-11-23)28(26,27)19-9-8-16(22)13-18(19)24/h5-9,12-14H,2-4,10-11H2,1H3. The van der Waals surface area contributed by atoms with Gasteiger partial charge in [-0.15, -0.1) is 0 Å². The molecule has 28 heavy (non-hydrogen) atoms. The van der Waals surface area contributed by atoms with Crippen LogP contribution in [-0.2, 0) is 14.6 Å². The highest BCUT2D eigenvalue weighted by atomic mass is 35.5. The van der Waals surface area contributed by atoms with E-state index in [0.717, 1.165) is 30.5 Å². The lowest BCUT2D eigenvalue weighted by atomic mass is 10.1. The first-order chi connectivity index (χ1) is 13.4. The van der Waals surface area contributed by atoms with E-state index in [4.69, 9.17) is 11.6 Å². The Morgan fingerprint density at radius 3 is 2.50 bits per heavy atom. The van der Waals surface area contributed by atoms with Crippen molar-refractivity contribution in [2.45, 2.75) is 31.1 Å². The van der Waals surface area contributed by atoms with Gasteiger partial charge in [0, 0.05) is 30.0 Å². The van der Waals surface area contributed by atoms with Gasteiger partial charge in [-0.2, -0.15) is 0 Å². The Labute approximate surface area is 170 Å². The van der Waals surface area contributed by atoms with Crippen molar-refractivity contribution >= 4 is 38.7 Å². The van der Waals surface area contributed by atoms with Crippen LogP contribution in [0.2, 0.25) is 5.02 Å². The van der Waals surface area contributed by atoms with Crippen molar-refractivity contribution < 1.29 is 13.2 Å². The number of anilines is 2. The minimum atomic E-state index is -3.93. The molecule has 7 heteroatoms. The van der Waals surface area contributed by atoms with Gasteiger partial charge < -0.3 is 9.80 Å². The summed E-state index contributed by atoms with van der Waals surface area (Å²) in [5.41, 5.74) is 2.27. The highest BCUT2D eigenvalue weighted by Crippen LogP contribution is 2.41. The topological polar surface area (TPSA) is 57.7 Å². The van der Waals surface area contributed by atoms with Gasteiger partial charge in [0.25, 0.3) is 5.91 Å². The number of hydrogen-bond acceptors (Lipinski definition) is 4. The molecule has 0 aliphatic carbocycles. The van der Waals surface area contributed by atoms with Gasteiger partial charge in [-0.05, 0) is 62.1 Å². The molecule has 2 heterocycles. The molecule has 2 aliphatic rings. The first-order valence-electron chi connectivity index (χ1n) is 9.29. The summed E-state index contributed by atoms with van der Waals surface area (Å²) in [5, 5.41) is 0.436. The van der Waals surface area contributed by atoms with Gasteiger partial charge in [0.1, 0.15) is 0 Å². The number of carbonyl (C=O) groups excluding carboxylic acids is 1. The molecule has 1 amide bonds. The van der Waals surface area contributed by atoms with Gasteiger partial charge in [-0.1, -0.05) is 23.7 Å². The molecule has 0 saturated carbocycles. The zero-order valence-electron chi connectivity index (χ0n) is 15.6. The summed E-state index contributed by atoms with van der Waals surface area (Å²) in [5.74, 6) is -0.432. The second kappa shape index (κ2) is 7.26. The number of hydrogen-bond donors (Lipinski definition) is 0. The number of likely N-dealkylation sites (tertiary alicyclic amines) is 1. The van der Waals surface area contributed by atoms with E-state index >= 15 is 0 Å². The van der Waals surface area contributed by atoms with Crippen LogP contribution in [0.25, 0.3) is 0 Å². The maximum absolute atomic E-state index is 13.3. The maximum Gasteiger partial charge on any atom is 0.267 e. The Morgan fingerprint density at radius 2 is 1.79 bits per heavy atom. The Balaban J connectivity index is 1.88. The van der Waals surface area contributed by atoms with E-state index in [-0.39, 0.29) is 9.80 Å². The predicted octanol–water partition coefficient (Wildman–Crippen LogP) is 4.43. The zero-order chi connectivity index (χ0) is 19.9. The molecule has 146 valence electrons. The molecule has 2 aromatic rings. The molecule has 0 bridgehead atoms. The van der Waals surface area contributed by atoms with Crippen LogP contribution in [0.4, 0.5) is 11.4 Å². The van der Waals surface area contributed by atoms with Crippen LogP contribution in [0.15, 0.2) is 58.5 Å². The molecule has 1 saturated heterocycles. The van der Waals surface area contributed by atoms with E-state index in [1.165, 1.54) is 12.3 Å². The molecule has 0 radical (unpaired) electrons. The van der Waals surface area contributed by atoms with Crippen LogP contribution >= 0.6 is 11.6 Å². The fourth-order valence-electron chi connectivity index (χ4n) is 3.70. The minimum absolute atomic E-state index is 0.0984. The predicted molar refractivity (Wildman–Crippen MR) is 110 cm³/mol. The Bertz CT molecular complexity index is 1070. The summed E-state index contributed by atoms with van der Waals surface area (Å²) < 4.78 is 26.5. The van der Waals surface area contributed by atoms with Crippen molar-refractivity contribution in [3.63, 3.8) is 0 Å². The van der Waals surface area contributed by atoms with Crippen LogP contribution < -0.4 is 4.90 Å². The first kappa shape index (κ1) is 19.0. The van der Waals surface area contributed by atoms with Crippen molar-refractivity contribution in [2.24, 2.45) is 0 Å². The molecule has 5 nitrogen and oxygen atoms in total. The van der Waals surface area contributed by atoms with E-state index in [1.54, 1.807) is 21.9 Å². The Hall–Kier alpha value is -2.31. The van der Waals surface area contributed by atoms with E-state index in [0.29, 0.717) is 23.8 Å². The largest absolute Gasteiger partial charge is 0.338 e. The quantitative estimate of drug-likeness (QED) is 0.726. The fraction of sp³-hybridized carbons (Fsp3) is 0.286. The van der Waals surface area contributed by atoms with Gasteiger partial charge in [-0.3, -0.25) is 4.79 Å². The molecule has 4 rings (SSSR count). The first-order valence-corrected chi connectivity index (χ1v) is 11.2. The van der Waals surface area contributed by atoms with E-state index in [9.17, 15) is 13.2 Å². The number of fused-ring (bicyclic) bond motifs is 1. The zero-order valence-corrected chi connectivity index (χ0v) is 17.1. The fourth-order valence-corrected chi connectivity index (χ4v) is 5.38. The van der Waals surface area contributed by atoms with Gasteiger partial charge >= 0.3 is 0 Å². The second-order valence-electron chi connectivity index (χ2n) is 7.17. The van der Waals surface area contributed by atoms with Crippen LogP contribution in [0.5, 0.6) is 0 Å². The molecule has 0 aromatic heterocycles. The SMILES string of the molecule is Cc1cccc(N2C=C(C(=O)N3CCCCC3)S(=O)(=O)c3ccc(Cl)cc32)c1. The summed E-state index contributed by atoms with van der Waals surface area (Å²) in [6.07, 6.45) is 4.30. The summed E-state index contributed by atoms with van der Waals surface area (Å²) >= 11 is 6.16. The number of benzene rings is 2. The average Bonchev–Trinajstić information content (AvgIpc) is 2.68. The number of carbonyl (C=O) groups is 1. The summed E-state index contributed by atoms with van der Waals surface area (Å²) in [7, 11) is -3.93. The number of amides is 1.